The highest BCUT2D eigenvalue weighted by atomic mass is 19.1. The van der Waals surface area contributed by atoms with Crippen molar-refractivity contribution < 1.29 is 28.2 Å². The molecule has 1 N–H and O–H groups in total. The van der Waals surface area contributed by atoms with Crippen LogP contribution in [0, 0.1) is 5.82 Å². The number of amides is 2. The summed E-state index contributed by atoms with van der Waals surface area (Å²) in [7, 11) is 1.57. The van der Waals surface area contributed by atoms with Crippen LogP contribution in [0.1, 0.15) is 51.6 Å². The lowest BCUT2D eigenvalue weighted by atomic mass is 9.87. The Labute approximate surface area is 248 Å². The third kappa shape index (κ3) is 6.13. The van der Waals surface area contributed by atoms with E-state index in [4.69, 9.17) is 14.2 Å². The average Bonchev–Trinajstić information content (AvgIpc) is 3.03. The molecule has 10 heteroatoms. The van der Waals surface area contributed by atoms with Gasteiger partial charge in [-0.2, -0.15) is 0 Å². The molecule has 9 nitrogen and oxygen atoms in total. The van der Waals surface area contributed by atoms with Crippen molar-refractivity contribution >= 4 is 11.8 Å². The lowest BCUT2D eigenvalue weighted by Crippen LogP contribution is -2.40. The molecule has 4 aromatic rings. The number of benzene rings is 3. The minimum atomic E-state index is -0.630. The zero-order chi connectivity index (χ0) is 29.8. The topological polar surface area (TPSA) is 103 Å². The molecule has 4 heterocycles. The van der Waals surface area contributed by atoms with Crippen LogP contribution in [0.25, 0.3) is 0 Å². The predicted octanol–water partition coefficient (Wildman–Crippen LogP) is 5.04. The molecule has 220 valence electrons. The van der Waals surface area contributed by atoms with Gasteiger partial charge in [0.15, 0.2) is 11.5 Å². The molecule has 7 rings (SSSR count). The maximum absolute atomic E-state index is 14.5. The molecule has 1 aromatic heterocycles. The van der Waals surface area contributed by atoms with Crippen molar-refractivity contribution in [1.29, 1.82) is 0 Å². The van der Waals surface area contributed by atoms with Crippen molar-refractivity contribution in [3.8, 4) is 23.0 Å². The maximum Gasteiger partial charge on any atom is 0.254 e. The summed E-state index contributed by atoms with van der Waals surface area (Å²) >= 11 is 0. The fraction of sp³-hybridized carbons (Fsp3) is 0.273. The molecule has 43 heavy (non-hydrogen) atoms. The van der Waals surface area contributed by atoms with Crippen molar-refractivity contribution in [3.63, 3.8) is 0 Å². The highest BCUT2D eigenvalue weighted by Crippen LogP contribution is 2.41. The van der Waals surface area contributed by atoms with Gasteiger partial charge < -0.3 is 24.4 Å². The van der Waals surface area contributed by atoms with E-state index in [9.17, 15) is 14.0 Å². The van der Waals surface area contributed by atoms with Crippen molar-refractivity contribution in [2.24, 2.45) is 0 Å². The SMILES string of the molecule is COc1ccc2cc1OCCCNC(=O)c1cc(ccc1F)Oc1ccc3c(c1)CCN(C(=O)CCc1cnccn1)C23. The van der Waals surface area contributed by atoms with E-state index in [1.165, 1.54) is 18.2 Å². The molecule has 0 spiro atoms. The Balaban J connectivity index is 1.39. The first-order chi connectivity index (χ1) is 21.0. The van der Waals surface area contributed by atoms with Crippen LogP contribution in [0.4, 0.5) is 4.39 Å². The van der Waals surface area contributed by atoms with Crippen LogP contribution in [0.15, 0.2) is 73.2 Å². The van der Waals surface area contributed by atoms with Crippen LogP contribution in [-0.2, 0) is 17.6 Å². The molecule has 2 amide bonds. The minimum absolute atomic E-state index is 0.0108. The highest BCUT2D eigenvalue weighted by molar-refractivity contribution is 5.94. The van der Waals surface area contributed by atoms with Crippen LogP contribution < -0.4 is 19.5 Å². The number of fused-ring (bicyclic) bond motifs is 6. The van der Waals surface area contributed by atoms with E-state index < -0.39 is 11.7 Å². The summed E-state index contributed by atoms with van der Waals surface area (Å²) < 4.78 is 32.3. The van der Waals surface area contributed by atoms with E-state index >= 15 is 0 Å². The largest absolute Gasteiger partial charge is 0.493 e. The van der Waals surface area contributed by atoms with E-state index in [1.54, 1.807) is 25.7 Å². The zero-order valence-corrected chi connectivity index (χ0v) is 23.7. The van der Waals surface area contributed by atoms with Gasteiger partial charge in [-0.3, -0.25) is 19.6 Å². The number of methoxy groups -OCH3 is 1. The third-order valence-corrected chi connectivity index (χ3v) is 7.66. The van der Waals surface area contributed by atoms with Gasteiger partial charge in [-0.15, -0.1) is 0 Å². The second kappa shape index (κ2) is 12.5. The average molecular weight is 583 g/mol. The van der Waals surface area contributed by atoms with Crippen molar-refractivity contribution in [2.75, 3.05) is 26.8 Å². The summed E-state index contributed by atoms with van der Waals surface area (Å²) in [6, 6.07) is 15.2. The van der Waals surface area contributed by atoms with Crippen molar-refractivity contribution in [3.05, 3.63) is 107 Å². The molecular formula is C33H31FN4O5. The smallest absolute Gasteiger partial charge is 0.254 e. The number of aryl methyl sites for hydroxylation is 1. The Bertz CT molecular complexity index is 1650. The summed E-state index contributed by atoms with van der Waals surface area (Å²) in [4.78, 5) is 36.8. The molecule has 0 saturated carbocycles. The van der Waals surface area contributed by atoms with Gasteiger partial charge >= 0.3 is 0 Å². The number of rotatable bonds is 4. The van der Waals surface area contributed by atoms with Gasteiger partial charge in [0, 0.05) is 38.1 Å². The molecule has 1 unspecified atom stereocenters. The molecule has 0 fully saturated rings. The van der Waals surface area contributed by atoms with Gasteiger partial charge in [-0.1, -0.05) is 12.1 Å². The van der Waals surface area contributed by atoms with Crippen molar-refractivity contribution in [2.45, 2.75) is 31.7 Å². The first-order valence-electron chi connectivity index (χ1n) is 14.2. The summed E-state index contributed by atoms with van der Waals surface area (Å²) in [5, 5.41) is 2.74. The predicted molar refractivity (Wildman–Crippen MR) is 156 cm³/mol. The van der Waals surface area contributed by atoms with Gasteiger partial charge in [-0.05, 0) is 78.4 Å². The van der Waals surface area contributed by atoms with E-state index in [-0.39, 0.29) is 30.7 Å². The van der Waals surface area contributed by atoms with Crippen LogP contribution in [-0.4, -0.2) is 53.5 Å². The van der Waals surface area contributed by atoms with Gasteiger partial charge in [0.05, 0.1) is 31.0 Å². The first kappa shape index (κ1) is 28.1. The number of ether oxygens (including phenoxy) is 3. The summed E-state index contributed by atoms with van der Waals surface area (Å²) in [6.45, 7) is 1.08. The second-order valence-corrected chi connectivity index (χ2v) is 10.4. The van der Waals surface area contributed by atoms with Crippen molar-refractivity contribution in [1.82, 2.24) is 20.2 Å². The Hall–Kier alpha value is -4.99. The first-order valence-corrected chi connectivity index (χ1v) is 14.2. The quantitative estimate of drug-likeness (QED) is 0.360. The number of halogens is 1. The number of hydrogen-bond acceptors (Lipinski definition) is 7. The fourth-order valence-electron chi connectivity index (χ4n) is 5.54. The molecule has 0 radical (unpaired) electrons. The van der Waals surface area contributed by atoms with Gasteiger partial charge in [0.2, 0.25) is 5.91 Å². The van der Waals surface area contributed by atoms with E-state index in [2.05, 4.69) is 15.3 Å². The molecule has 8 bridgehead atoms. The summed E-state index contributed by atoms with van der Waals surface area (Å²) in [6.07, 6.45) is 6.81. The summed E-state index contributed by atoms with van der Waals surface area (Å²) in [5.41, 5.74) is 3.56. The Morgan fingerprint density at radius 1 is 1.12 bits per heavy atom. The van der Waals surface area contributed by atoms with Gasteiger partial charge in [0.1, 0.15) is 17.3 Å². The lowest BCUT2D eigenvalue weighted by Gasteiger charge is -2.38. The number of hydrogen-bond donors (Lipinski definition) is 1. The van der Waals surface area contributed by atoms with Gasteiger partial charge in [0.25, 0.3) is 5.91 Å². The molecule has 1 atom stereocenters. The molecule has 3 aliphatic heterocycles. The number of carbonyl (C=O) groups excluding carboxylic acids is 2. The number of nitrogens with zero attached hydrogens (tertiary/aromatic N) is 3. The van der Waals surface area contributed by atoms with E-state index in [0.717, 1.165) is 22.4 Å². The molecule has 3 aliphatic rings. The third-order valence-electron chi connectivity index (χ3n) is 7.66. The van der Waals surface area contributed by atoms with Crippen LogP contribution in [0.5, 0.6) is 23.0 Å². The normalized spacial score (nSPS) is 16.3. The van der Waals surface area contributed by atoms with Gasteiger partial charge in [-0.25, -0.2) is 4.39 Å². The number of nitrogens with one attached hydrogen (secondary N) is 1. The molecule has 3 aromatic carbocycles. The Morgan fingerprint density at radius 3 is 2.81 bits per heavy atom. The van der Waals surface area contributed by atoms with E-state index in [1.807, 2.05) is 41.3 Å². The molecular weight excluding hydrogens is 551 g/mol. The standard InChI is InChI=1S/C33H31FN4O5/c1-41-29-9-3-22-18-30(29)42-16-2-12-37-33(40)27-19-25(6-8-28(27)34)43-24-5-7-26-21(17-24)11-15-38(32(22)26)31(39)10-4-23-20-35-13-14-36-23/h3,5-9,13-14,17-20,32H,2,4,10-12,15-16H2,1H3,(H,37,40). The minimum Gasteiger partial charge on any atom is -0.493 e. The number of carbonyl (C=O) groups is 2. The van der Waals surface area contributed by atoms with E-state index in [0.29, 0.717) is 55.2 Å². The highest BCUT2D eigenvalue weighted by Gasteiger charge is 2.33. The monoisotopic (exact) mass is 582 g/mol. The Kier molecular flexibility index (Phi) is 8.17. The maximum atomic E-state index is 14.5. The molecule has 0 aliphatic carbocycles. The fourth-order valence-corrected chi connectivity index (χ4v) is 5.54. The zero-order valence-electron chi connectivity index (χ0n) is 23.7. The second-order valence-electron chi connectivity index (χ2n) is 10.4. The summed E-state index contributed by atoms with van der Waals surface area (Å²) in [5.74, 6) is 0.848. The van der Waals surface area contributed by atoms with Crippen LogP contribution in [0.2, 0.25) is 0 Å². The lowest BCUT2D eigenvalue weighted by molar-refractivity contribution is -0.133. The number of aromatic nitrogens is 2. The molecule has 0 saturated heterocycles. The van der Waals surface area contributed by atoms with Crippen LogP contribution in [0.3, 0.4) is 0 Å². The Morgan fingerprint density at radius 2 is 1.98 bits per heavy atom. The van der Waals surface area contributed by atoms with Crippen LogP contribution >= 0.6 is 0 Å².